The van der Waals surface area contributed by atoms with Crippen molar-refractivity contribution in [2.45, 2.75) is 33.1 Å². The van der Waals surface area contributed by atoms with Crippen LogP contribution in [0.15, 0.2) is 11.6 Å². The molecular weight excluding hydrogens is 164 g/mol. The van der Waals surface area contributed by atoms with E-state index >= 15 is 0 Å². The lowest BCUT2D eigenvalue weighted by molar-refractivity contribution is -0.135. The van der Waals surface area contributed by atoms with Gasteiger partial charge in [-0.05, 0) is 24.7 Å². The molecule has 0 N–H and O–H groups in total. The Kier molecular flexibility index (Phi) is 3.52. The summed E-state index contributed by atoms with van der Waals surface area (Å²) in [4.78, 5) is 11.1. The first-order chi connectivity index (χ1) is 6.15. The van der Waals surface area contributed by atoms with E-state index in [2.05, 4.69) is 18.6 Å². The van der Waals surface area contributed by atoms with E-state index in [4.69, 9.17) is 0 Å². The van der Waals surface area contributed by atoms with Crippen molar-refractivity contribution in [3.05, 3.63) is 11.6 Å². The lowest BCUT2D eigenvalue weighted by atomic mass is 9.78. The highest BCUT2D eigenvalue weighted by atomic mass is 16.5. The molecule has 1 rings (SSSR count). The minimum absolute atomic E-state index is 0.212. The van der Waals surface area contributed by atoms with Crippen LogP contribution in [-0.4, -0.2) is 13.1 Å². The SMILES string of the molecule is COC(=O)C=C1C(C)CCCC1C. The summed E-state index contributed by atoms with van der Waals surface area (Å²) in [6.45, 7) is 4.37. The second-order valence-corrected chi connectivity index (χ2v) is 3.90. The fraction of sp³-hybridized carbons (Fsp3) is 0.727. The van der Waals surface area contributed by atoms with Crippen LogP contribution in [-0.2, 0) is 9.53 Å². The van der Waals surface area contributed by atoms with Gasteiger partial charge in [-0.3, -0.25) is 0 Å². The Morgan fingerprint density at radius 3 is 2.38 bits per heavy atom. The lowest BCUT2D eigenvalue weighted by Gasteiger charge is -2.27. The minimum atomic E-state index is -0.212. The zero-order valence-corrected chi connectivity index (χ0v) is 8.67. The predicted octanol–water partition coefficient (Wildman–Crippen LogP) is 2.54. The monoisotopic (exact) mass is 182 g/mol. The van der Waals surface area contributed by atoms with Crippen LogP contribution in [0.2, 0.25) is 0 Å². The molecule has 0 saturated heterocycles. The molecule has 0 amide bonds. The molecule has 0 aromatic rings. The highest BCUT2D eigenvalue weighted by Gasteiger charge is 2.21. The van der Waals surface area contributed by atoms with E-state index in [1.54, 1.807) is 6.08 Å². The Bertz CT molecular complexity index is 206. The van der Waals surface area contributed by atoms with Crippen molar-refractivity contribution in [3.8, 4) is 0 Å². The van der Waals surface area contributed by atoms with Crippen LogP contribution in [0, 0.1) is 11.8 Å². The molecule has 74 valence electrons. The van der Waals surface area contributed by atoms with Gasteiger partial charge in [0.2, 0.25) is 0 Å². The quantitative estimate of drug-likeness (QED) is 0.460. The molecule has 0 aliphatic heterocycles. The van der Waals surface area contributed by atoms with Gasteiger partial charge >= 0.3 is 5.97 Å². The van der Waals surface area contributed by atoms with Gasteiger partial charge in [0.05, 0.1) is 7.11 Å². The van der Waals surface area contributed by atoms with Crippen molar-refractivity contribution < 1.29 is 9.53 Å². The Morgan fingerprint density at radius 1 is 1.38 bits per heavy atom. The van der Waals surface area contributed by atoms with Crippen molar-refractivity contribution in [1.29, 1.82) is 0 Å². The van der Waals surface area contributed by atoms with Gasteiger partial charge in [-0.2, -0.15) is 0 Å². The zero-order chi connectivity index (χ0) is 9.84. The molecule has 2 atom stereocenters. The van der Waals surface area contributed by atoms with E-state index in [0.29, 0.717) is 11.8 Å². The van der Waals surface area contributed by atoms with Gasteiger partial charge in [-0.25, -0.2) is 4.79 Å². The third kappa shape index (κ3) is 2.58. The number of methoxy groups -OCH3 is 1. The van der Waals surface area contributed by atoms with E-state index < -0.39 is 0 Å². The first-order valence-electron chi connectivity index (χ1n) is 4.94. The molecule has 1 saturated carbocycles. The van der Waals surface area contributed by atoms with Gasteiger partial charge in [0.25, 0.3) is 0 Å². The lowest BCUT2D eigenvalue weighted by Crippen LogP contribution is -2.16. The Hall–Kier alpha value is -0.790. The molecule has 0 radical (unpaired) electrons. The zero-order valence-electron chi connectivity index (χ0n) is 8.67. The van der Waals surface area contributed by atoms with Crippen molar-refractivity contribution >= 4 is 5.97 Å². The topological polar surface area (TPSA) is 26.3 Å². The molecular formula is C11H18O2. The first kappa shape index (κ1) is 10.3. The third-order valence-electron chi connectivity index (χ3n) is 2.90. The number of carbonyl (C=O) groups excluding carboxylic acids is 1. The summed E-state index contributed by atoms with van der Waals surface area (Å²) in [6.07, 6.45) is 5.36. The molecule has 2 heteroatoms. The number of esters is 1. The molecule has 0 spiro atoms. The average molecular weight is 182 g/mol. The molecule has 0 aromatic carbocycles. The highest BCUT2D eigenvalue weighted by Crippen LogP contribution is 2.33. The van der Waals surface area contributed by atoms with E-state index in [1.807, 2.05) is 0 Å². The van der Waals surface area contributed by atoms with Crippen LogP contribution >= 0.6 is 0 Å². The Balaban J connectivity index is 2.73. The van der Waals surface area contributed by atoms with Gasteiger partial charge in [-0.15, -0.1) is 0 Å². The Labute approximate surface area is 80.0 Å². The molecule has 0 bridgehead atoms. The van der Waals surface area contributed by atoms with Gasteiger partial charge in [-0.1, -0.05) is 25.8 Å². The second-order valence-electron chi connectivity index (χ2n) is 3.90. The summed E-state index contributed by atoms with van der Waals surface area (Å²) in [5.74, 6) is 0.876. The first-order valence-corrected chi connectivity index (χ1v) is 4.94. The normalized spacial score (nSPS) is 28.4. The molecule has 1 aliphatic carbocycles. The molecule has 1 fully saturated rings. The maximum atomic E-state index is 11.1. The van der Waals surface area contributed by atoms with E-state index in [-0.39, 0.29) is 5.97 Å². The molecule has 0 heterocycles. The van der Waals surface area contributed by atoms with Crippen LogP contribution in [0.5, 0.6) is 0 Å². The van der Waals surface area contributed by atoms with Crippen molar-refractivity contribution in [1.82, 2.24) is 0 Å². The van der Waals surface area contributed by atoms with E-state index in [1.165, 1.54) is 31.9 Å². The maximum Gasteiger partial charge on any atom is 0.330 e. The Morgan fingerprint density at radius 2 is 1.92 bits per heavy atom. The van der Waals surface area contributed by atoms with Gasteiger partial charge in [0, 0.05) is 6.08 Å². The van der Waals surface area contributed by atoms with E-state index in [9.17, 15) is 4.79 Å². The van der Waals surface area contributed by atoms with Crippen molar-refractivity contribution in [2.75, 3.05) is 7.11 Å². The van der Waals surface area contributed by atoms with Crippen LogP contribution in [0.3, 0.4) is 0 Å². The summed E-state index contributed by atoms with van der Waals surface area (Å²) in [7, 11) is 1.43. The second kappa shape index (κ2) is 4.45. The van der Waals surface area contributed by atoms with Gasteiger partial charge < -0.3 is 4.74 Å². The largest absolute Gasteiger partial charge is 0.466 e. The third-order valence-corrected chi connectivity index (χ3v) is 2.90. The van der Waals surface area contributed by atoms with Crippen LogP contribution in [0.4, 0.5) is 0 Å². The summed E-state index contributed by atoms with van der Waals surface area (Å²) in [5, 5.41) is 0. The summed E-state index contributed by atoms with van der Waals surface area (Å²) in [5.41, 5.74) is 1.26. The summed E-state index contributed by atoms with van der Waals surface area (Å²) >= 11 is 0. The van der Waals surface area contributed by atoms with E-state index in [0.717, 1.165) is 0 Å². The van der Waals surface area contributed by atoms with Crippen LogP contribution in [0.25, 0.3) is 0 Å². The number of hydrogen-bond acceptors (Lipinski definition) is 2. The molecule has 0 aromatic heterocycles. The number of rotatable bonds is 1. The van der Waals surface area contributed by atoms with Crippen LogP contribution in [0.1, 0.15) is 33.1 Å². The minimum Gasteiger partial charge on any atom is -0.466 e. The fourth-order valence-corrected chi connectivity index (χ4v) is 2.03. The van der Waals surface area contributed by atoms with Crippen LogP contribution < -0.4 is 0 Å². The average Bonchev–Trinajstić information content (AvgIpc) is 2.11. The molecule has 2 unspecified atom stereocenters. The van der Waals surface area contributed by atoms with Crippen molar-refractivity contribution in [2.24, 2.45) is 11.8 Å². The van der Waals surface area contributed by atoms with Gasteiger partial charge in [0.15, 0.2) is 0 Å². The molecule has 2 nitrogen and oxygen atoms in total. The molecule has 13 heavy (non-hydrogen) atoms. The number of carbonyl (C=O) groups is 1. The number of hydrogen-bond donors (Lipinski definition) is 0. The standard InChI is InChI=1S/C11H18O2/c1-8-5-4-6-9(2)10(8)7-11(12)13-3/h7-9H,4-6H2,1-3H3. The number of allylic oxidation sites excluding steroid dienone is 1. The summed E-state index contributed by atoms with van der Waals surface area (Å²) in [6, 6.07) is 0. The highest BCUT2D eigenvalue weighted by molar-refractivity contribution is 5.82. The predicted molar refractivity (Wildman–Crippen MR) is 52.3 cm³/mol. The fourth-order valence-electron chi connectivity index (χ4n) is 2.03. The summed E-state index contributed by atoms with van der Waals surface area (Å²) < 4.78 is 4.63. The molecule has 1 aliphatic rings. The smallest absolute Gasteiger partial charge is 0.330 e. The maximum absolute atomic E-state index is 11.1. The van der Waals surface area contributed by atoms with Crippen molar-refractivity contribution in [3.63, 3.8) is 0 Å². The van der Waals surface area contributed by atoms with Gasteiger partial charge in [0.1, 0.15) is 0 Å². The number of ether oxygens (including phenoxy) is 1.